The maximum absolute atomic E-state index is 12.4. The molecular formula is C40H56F9LiN9O6V-. The third kappa shape index (κ3) is 14.2. The summed E-state index contributed by atoms with van der Waals surface area (Å²) in [5.74, 6) is 8.71. The van der Waals surface area contributed by atoms with Crippen LogP contribution in [0.5, 0.6) is 0 Å². The number of hydrazine groups is 1. The van der Waals surface area contributed by atoms with Crippen LogP contribution in [0.1, 0.15) is 149 Å². The second kappa shape index (κ2) is 24.8. The van der Waals surface area contributed by atoms with Crippen LogP contribution >= 0.6 is 0 Å². The quantitative estimate of drug-likeness (QED) is 0.0355. The van der Waals surface area contributed by atoms with E-state index in [1.165, 1.54) is 13.8 Å². The number of halogens is 9. The molecule has 10 N–H and O–H groups in total. The Balaban J connectivity index is -0.000000735. The van der Waals surface area contributed by atoms with E-state index >= 15 is 0 Å². The van der Waals surface area contributed by atoms with E-state index in [1.54, 1.807) is 6.07 Å². The van der Waals surface area contributed by atoms with E-state index in [1.807, 2.05) is 5.10 Å². The summed E-state index contributed by atoms with van der Waals surface area (Å²) in [5, 5.41) is 42.5. The molecule has 8 atom stereocenters. The number of H-pyrrole nitrogens is 3. The third-order valence-corrected chi connectivity index (χ3v) is 11.1. The maximum atomic E-state index is 12.4. The second-order valence-corrected chi connectivity index (χ2v) is 15.2. The van der Waals surface area contributed by atoms with Crippen LogP contribution in [0.15, 0.2) is 11.3 Å². The minimum Gasteiger partial charge on any atom is -0.875 e. The molecule has 0 bridgehead atoms. The van der Waals surface area contributed by atoms with Gasteiger partial charge in [0.2, 0.25) is 0 Å². The fourth-order valence-corrected chi connectivity index (χ4v) is 8.43. The van der Waals surface area contributed by atoms with Crippen LogP contribution in [0.25, 0.3) is 0 Å². The van der Waals surface area contributed by atoms with Gasteiger partial charge in [-0.2, -0.15) is 60.1 Å². The predicted molar refractivity (Wildman–Crippen MR) is 212 cm³/mol. The smallest absolute Gasteiger partial charge is 0.875 e. The van der Waals surface area contributed by atoms with E-state index in [2.05, 4.69) is 37.2 Å². The fraction of sp³-hybridized carbons (Fsp3) is 0.600. The van der Waals surface area contributed by atoms with Gasteiger partial charge in [0.25, 0.3) is 5.97 Å². The molecule has 11 rings (SSSR count). The van der Waals surface area contributed by atoms with Crippen molar-refractivity contribution in [2.24, 2.45) is 41.3 Å². The van der Waals surface area contributed by atoms with Gasteiger partial charge in [-0.1, -0.05) is 29.2 Å². The summed E-state index contributed by atoms with van der Waals surface area (Å²) in [6.45, 7) is 4.01. The van der Waals surface area contributed by atoms with E-state index in [4.69, 9.17) is 15.2 Å². The normalized spacial score (nSPS) is 24.9. The minimum atomic E-state index is -4.43. The van der Waals surface area contributed by atoms with Crippen molar-refractivity contribution >= 4 is 17.5 Å². The molecule has 5 fully saturated rings. The van der Waals surface area contributed by atoms with Gasteiger partial charge in [-0.15, -0.1) is 5.76 Å². The summed E-state index contributed by atoms with van der Waals surface area (Å²) in [7, 11) is 0. The van der Waals surface area contributed by atoms with Gasteiger partial charge in [-0.3, -0.25) is 41.4 Å². The Hall–Kier alpha value is -4.10. The van der Waals surface area contributed by atoms with Crippen molar-refractivity contribution in [3.05, 3.63) is 69.6 Å². The van der Waals surface area contributed by atoms with Crippen LogP contribution < -0.4 is 35.7 Å². The molecule has 3 aromatic rings. The number of aliphatic carboxylic acids is 1. The second-order valence-electron chi connectivity index (χ2n) is 15.2. The standard InChI is InChI=1S/C8H5F3N2O.2C8H7F3N2.C8H10O2.C2H3N.C2H4O2.3CH4.CH3.Li.H4N2.H2O.V/c9-8(10,11)7-4-2-1-3(2)6(14)5(4)12-13-7;2*9-8(10,11)7-6-4-1-3(4)2-5(6)12-13-7;1-4(9)8-6-2-5(6)3-7(8)10;1-2-3;1-2(3)4;;;;;;1-2;;/h2-3H,1H2,(H,12,13);2*3-4H,1-2H2,(H,12,13);5-6,9H,2-3H2,1H3;1H3;1H3,(H,3,4);3*1H4;1H3;;1-2H2;1H2;/q;;;;;;;;;-1;+1;;;/p-1/b;;;8-4-;;;;;;;;;;/t2-,3+;3-,4-;;;;;;;;;;;;/m00............/s1. The molecular weight excluding hydrogens is 931 g/mol. The van der Waals surface area contributed by atoms with E-state index in [0.717, 1.165) is 39.0 Å². The average Bonchev–Trinajstić information content (AvgIpc) is 4.07. The summed E-state index contributed by atoms with van der Waals surface area (Å²) in [4.78, 5) is 31.3. The van der Waals surface area contributed by atoms with E-state index in [9.17, 15) is 54.2 Å². The van der Waals surface area contributed by atoms with Gasteiger partial charge in [0, 0.05) is 72.8 Å². The minimum absolute atomic E-state index is 0. The Kier molecular flexibility index (Phi) is 24.8. The van der Waals surface area contributed by atoms with E-state index < -0.39 is 41.6 Å². The molecule has 0 spiro atoms. The van der Waals surface area contributed by atoms with Crippen molar-refractivity contribution < 1.29 is 107 Å². The number of carboxylic acids is 1. The topological polar surface area (TPSA) is 288 Å². The Morgan fingerprint density at radius 1 is 0.712 bits per heavy atom. The van der Waals surface area contributed by atoms with Gasteiger partial charge < -0.3 is 23.1 Å². The summed E-state index contributed by atoms with van der Waals surface area (Å²) >= 11 is 0. The number of carbonyl (C=O) groups is 3. The van der Waals surface area contributed by atoms with Crippen LogP contribution in [0.4, 0.5) is 39.5 Å². The number of nitrogens with two attached hydrogens (primary N) is 2. The van der Waals surface area contributed by atoms with Gasteiger partial charge in [-0.25, -0.2) is 0 Å². The number of hydrogen-bond donors (Lipinski definition) is 6. The zero-order valence-corrected chi connectivity index (χ0v) is 35.8. The van der Waals surface area contributed by atoms with Crippen molar-refractivity contribution in [1.29, 1.82) is 5.26 Å². The molecule has 66 heavy (non-hydrogen) atoms. The first-order chi connectivity index (χ1) is 27.5. The number of nitrogens with one attached hydrogen (secondary N) is 3. The zero-order chi connectivity index (χ0) is 44.1. The number of carboxylic acid groups (broad SMARTS) is 1. The molecule has 3 aromatic heterocycles. The Labute approximate surface area is 400 Å². The third-order valence-electron chi connectivity index (χ3n) is 11.1. The number of hydrogen-bond acceptors (Lipinski definition) is 10. The number of fused-ring (bicyclic) bond motifs is 10. The van der Waals surface area contributed by atoms with Crippen molar-refractivity contribution in [1.82, 2.24) is 30.6 Å². The number of aromatic nitrogens is 6. The van der Waals surface area contributed by atoms with Gasteiger partial charge in [0.05, 0.1) is 6.07 Å². The molecule has 8 aliphatic carbocycles. The number of ketones is 2. The Morgan fingerprint density at radius 2 is 1.09 bits per heavy atom. The van der Waals surface area contributed by atoms with Crippen LogP contribution in [-0.2, 0) is 59.5 Å². The van der Waals surface area contributed by atoms with Crippen molar-refractivity contribution in [2.75, 3.05) is 0 Å². The molecule has 15 nitrogen and oxygen atoms in total. The number of allylic oxidation sites excluding steroid dienone is 2. The molecule has 0 aliphatic heterocycles. The van der Waals surface area contributed by atoms with Crippen molar-refractivity contribution in [3.8, 4) is 6.07 Å². The molecule has 26 heteroatoms. The van der Waals surface area contributed by atoms with Crippen LogP contribution in [0.2, 0.25) is 0 Å². The first-order valence-corrected chi connectivity index (χ1v) is 18.2. The predicted octanol–water partition coefficient (Wildman–Crippen LogP) is 4.11. The van der Waals surface area contributed by atoms with Crippen LogP contribution in [0.3, 0.4) is 0 Å². The summed E-state index contributed by atoms with van der Waals surface area (Å²) in [6.07, 6.45) is -7.41. The first-order valence-electron chi connectivity index (χ1n) is 18.2. The number of Topliss-reactive ketones (excluding diaryl/α,β-unsaturated/α-hetero) is 2. The molecule has 8 aliphatic rings. The van der Waals surface area contributed by atoms with Crippen LogP contribution in [-0.4, -0.2) is 58.7 Å². The molecule has 367 valence electrons. The molecule has 5 saturated carbocycles. The largest absolute Gasteiger partial charge is 1.00 e. The Morgan fingerprint density at radius 3 is 1.41 bits per heavy atom. The summed E-state index contributed by atoms with van der Waals surface area (Å²) in [6, 6.07) is 1.75. The first kappa shape index (κ1) is 66.2. The Bertz CT molecular complexity index is 2100. The van der Waals surface area contributed by atoms with E-state index in [0.29, 0.717) is 64.6 Å². The molecule has 1 radical (unpaired) electrons. The SMILES string of the molecule is C.C.C.C/C([O-])=C1/C(=O)CC2CC12.CC#N.CC(=O)O.FC(F)(F)c1n[nH]c2c1C1CC1C2.FC(F)(F)c1n[nH]c2c1[C@H]1C[C@H]1C2.NN.O.O=C1c2n[nH]c(C(F)(F)F)c2[C@H]2C[C@@H]12.[CH3-].[Li+].[V]. The number of rotatable bonds is 0. The number of nitrogens with zero attached hydrogens (tertiary/aromatic N) is 4. The number of aromatic amines is 3. The number of alkyl halides is 9. The molecule has 0 saturated heterocycles. The average molecular weight is 988 g/mol. The number of nitriles is 1. The van der Waals surface area contributed by atoms with Crippen molar-refractivity contribution in [3.63, 3.8) is 0 Å². The molecule has 3 heterocycles. The van der Waals surface area contributed by atoms with Gasteiger partial charge in [-0.05, 0) is 85.5 Å². The monoisotopic (exact) mass is 987 g/mol. The molecule has 0 amide bonds. The van der Waals surface area contributed by atoms with Gasteiger partial charge in [0.1, 0.15) is 11.4 Å². The van der Waals surface area contributed by atoms with Crippen molar-refractivity contribution in [2.45, 2.75) is 124 Å². The number of carbonyl (C=O) groups excluding carboxylic acids is 2. The summed E-state index contributed by atoms with van der Waals surface area (Å²) < 4.78 is 112. The van der Waals surface area contributed by atoms with Gasteiger partial charge >= 0.3 is 37.4 Å². The van der Waals surface area contributed by atoms with Gasteiger partial charge in [0.15, 0.2) is 23.0 Å². The molecule has 0 aromatic carbocycles. The molecule has 4 unspecified atom stereocenters. The zero-order valence-electron chi connectivity index (χ0n) is 34.4. The van der Waals surface area contributed by atoms with Crippen LogP contribution in [0, 0.1) is 48.3 Å². The fourth-order valence-electron chi connectivity index (χ4n) is 8.43. The maximum Gasteiger partial charge on any atom is 1.00 e. The van der Waals surface area contributed by atoms with E-state index in [-0.39, 0.29) is 125 Å². The summed E-state index contributed by atoms with van der Waals surface area (Å²) in [5.41, 5.74) is 0.763.